The summed E-state index contributed by atoms with van der Waals surface area (Å²) in [5, 5.41) is 24.0. The predicted octanol–water partition coefficient (Wildman–Crippen LogP) is 1.33. The molecule has 34 heavy (non-hydrogen) atoms. The maximum absolute atomic E-state index is 11.9. The van der Waals surface area contributed by atoms with Crippen molar-refractivity contribution in [1.29, 1.82) is 0 Å². The van der Waals surface area contributed by atoms with E-state index in [0.29, 0.717) is 29.0 Å². The van der Waals surface area contributed by atoms with Crippen molar-refractivity contribution in [3.05, 3.63) is 54.0 Å². The van der Waals surface area contributed by atoms with E-state index in [4.69, 9.17) is 23.5 Å². The summed E-state index contributed by atoms with van der Waals surface area (Å²) in [5.74, 6) is -0.969. The van der Waals surface area contributed by atoms with Gasteiger partial charge in [-0.15, -0.1) is 0 Å². The Morgan fingerprint density at radius 1 is 1.06 bits per heavy atom. The van der Waals surface area contributed by atoms with E-state index >= 15 is 0 Å². The number of hydrogen-bond acceptors (Lipinski definition) is 10. The van der Waals surface area contributed by atoms with Crippen molar-refractivity contribution < 1.29 is 47.7 Å². The average Bonchev–Trinajstić information content (AvgIpc) is 3.32. The minimum atomic E-state index is -4.81. The first-order chi connectivity index (χ1) is 16.0. The van der Waals surface area contributed by atoms with Crippen molar-refractivity contribution in [3.8, 4) is 0 Å². The highest BCUT2D eigenvalue weighted by Crippen LogP contribution is 2.55. The van der Waals surface area contributed by atoms with E-state index in [2.05, 4.69) is 15.3 Å². The summed E-state index contributed by atoms with van der Waals surface area (Å²) in [7, 11) is -9.46. The van der Waals surface area contributed by atoms with Crippen LogP contribution >= 0.6 is 15.2 Å². The van der Waals surface area contributed by atoms with Gasteiger partial charge >= 0.3 is 15.2 Å². The second-order valence-corrected chi connectivity index (χ2v) is 11.7. The third-order valence-electron chi connectivity index (χ3n) is 5.16. The Kier molecular flexibility index (Phi) is 7.20. The smallest absolute Gasteiger partial charge is 0.340 e. The lowest BCUT2D eigenvalue weighted by molar-refractivity contribution is -0.0184. The Morgan fingerprint density at radius 3 is 2.50 bits per heavy atom. The number of fused-ring (bicyclic) bond motifs is 1. The van der Waals surface area contributed by atoms with E-state index in [1.807, 2.05) is 30.3 Å². The average molecular weight is 515 g/mol. The van der Waals surface area contributed by atoms with E-state index < -0.39 is 52.1 Å². The van der Waals surface area contributed by atoms with Crippen molar-refractivity contribution in [2.24, 2.45) is 0 Å². The number of aliphatic hydroxyl groups excluding tert-OH is 2. The Labute approximate surface area is 193 Å². The Morgan fingerprint density at radius 2 is 1.79 bits per heavy atom. The van der Waals surface area contributed by atoms with Gasteiger partial charge in [-0.1, -0.05) is 30.3 Å². The van der Waals surface area contributed by atoms with Gasteiger partial charge in [-0.25, -0.2) is 9.97 Å². The van der Waals surface area contributed by atoms with E-state index in [0.717, 1.165) is 5.56 Å². The Bertz CT molecular complexity index is 1230. The van der Waals surface area contributed by atoms with Crippen molar-refractivity contribution >= 4 is 32.1 Å². The van der Waals surface area contributed by atoms with Gasteiger partial charge in [-0.05, 0) is 5.56 Å². The van der Waals surface area contributed by atoms with E-state index in [-0.39, 0.29) is 0 Å². The normalized spacial score (nSPS) is 24.9. The fourth-order valence-corrected chi connectivity index (χ4v) is 6.15. The molecule has 1 aliphatic rings. The van der Waals surface area contributed by atoms with Gasteiger partial charge in [0.1, 0.15) is 36.3 Å². The molecule has 2 aromatic heterocycles. The lowest BCUT2D eigenvalue weighted by Crippen LogP contribution is -2.33. The third kappa shape index (κ3) is 5.72. The maximum atomic E-state index is 11.9. The zero-order valence-electron chi connectivity index (χ0n) is 17.5. The van der Waals surface area contributed by atoms with Gasteiger partial charge in [-0.2, -0.15) is 0 Å². The summed E-state index contributed by atoms with van der Waals surface area (Å²) in [6, 6.07) is 9.60. The minimum Gasteiger partial charge on any atom is -0.458 e. The first-order valence-electron chi connectivity index (χ1n) is 10.1. The van der Waals surface area contributed by atoms with Crippen LogP contribution in [-0.4, -0.2) is 65.7 Å². The van der Waals surface area contributed by atoms with Crippen molar-refractivity contribution in [2.75, 3.05) is 17.8 Å². The van der Waals surface area contributed by atoms with Crippen LogP contribution < -0.4 is 5.32 Å². The van der Waals surface area contributed by atoms with Gasteiger partial charge in [0, 0.05) is 12.1 Å². The molecule has 4 rings (SSSR count). The number of ether oxygens (including phenoxy) is 1. The highest BCUT2D eigenvalue weighted by Gasteiger charge is 2.46. The molecule has 6 N–H and O–H groups in total. The van der Waals surface area contributed by atoms with Crippen LogP contribution in [0.4, 0.5) is 5.82 Å². The topological polar surface area (TPSA) is 205 Å². The molecule has 1 unspecified atom stereocenters. The lowest BCUT2D eigenvalue weighted by Gasteiger charge is -2.18. The fraction of sp³-hybridized carbons (Fsp3) is 0.368. The van der Waals surface area contributed by atoms with Crippen LogP contribution in [0, 0.1) is 0 Å². The molecule has 0 radical (unpaired) electrons. The second kappa shape index (κ2) is 9.82. The molecule has 184 valence electrons. The monoisotopic (exact) mass is 515 g/mol. The number of nitrogens with one attached hydrogen (secondary N) is 1. The van der Waals surface area contributed by atoms with E-state index in [1.54, 1.807) is 0 Å². The van der Waals surface area contributed by atoms with Crippen LogP contribution in [0.25, 0.3) is 11.1 Å². The molecule has 3 aromatic rings. The summed E-state index contributed by atoms with van der Waals surface area (Å²) in [4.78, 5) is 35.8. The SMILES string of the molecule is O=P(O)(O)CP(=O)(O)OC[C@H]1O[C@@H](c2coc3c(NCc4ccccc4)ncnc23)[C@H](O)[C@@H]1O. The lowest BCUT2D eigenvalue weighted by atomic mass is 10.0. The second-order valence-electron chi connectivity index (χ2n) is 7.75. The van der Waals surface area contributed by atoms with Gasteiger partial charge in [-0.3, -0.25) is 9.13 Å². The zero-order chi connectivity index (χ0) is 24.5. The molecule has 13 nitrogen and oxygen atoms in total. The maximum Gasteiger partial charge on any atom is 0.340 e. The van der Waals surface area contributed by atoms with Crippen LogP contribution in [0.3, 0.4) is 0 Å². The van der Waals surface area contributed by atoms with Crippen LogP contribution in [-0.2, 0) is 24.9 Å². The van der Waals surface area contributed by atoms with Crippen LogP contribution in [0.1, 0.15) is 17.2 Å². The molecule has 15 heteroatoms. The number of hydrogen-bond donors (Lipinski definition) is 6. The van der Waals surface area contributed by atoms with Gasteiger partial charge in [0.2, 0.25) is 0 Å². The molecule has 1 fully saturated rings. The number of rotatable bonds is 9. The molecule has 1 aliphatic heterocycles. The molecule has 0 amide bonds. The molecular weight excluding hydrogens is 492 g/mol. The van der Waals surface area contributed by atoms with E-state index in [9.17, 15) is 24.2 Å². The first-order valence-corrected chi connectivity index (χ1v) is 13.6. The van der Waals surface area contributed by atoms with Crippen LogP contribution in [0.2, 0.25) is 0 Å². The van der Waals surface area contributed by atoms with Gasteiger partial charge in [0.05, 0.1) is 12.9 Å². The van der Waals surface area contributed by atoms with Crippen molar-refractivity contribution in [2.45, 2.75) is 31.0 Å². The molecule has 5 atom stereocenters. The number of benzene rings is 1. The van der Waals surface area contributed by atoms with Crippen molar-refractivity contribution in [3.63, 3.8) is 0 Å². The van der Waals surface area contributed by atoms with Crippen LogP contribution in [0.15, 0.2) is 47.3 Å². The molecule has 0 aliphatic carbocycles. The largest absolute Gasteiger partial charge is 0.458 e. The zero-order valence-corrected chi connectivity index (χ0v) is 19.3. The molecular formula is C19H23N3O10P2. The quantitative estimate of drug-likeness (QED) is 0.223. The first kappa shape index (κ1) is 24.9. The molecule has 1 aromatic carbocycles. The molecule has 0 spiro atoms. The third-order valence-corrected chi connectivity index (χ3v) is 8.61. The van der Waals surface area contributed by atoms with Gasteiger partial charge < -0.3 is 43.9 Å². The highest BCUT2D eigenvalue weighted by molar-refractivity contribution is 7.70. The number of anilines is 1. The predicted molar refractivity (Wildman–Crippen MR) is 118 cm³/mol. The van der Waals surface area contributed by atoms with E-state index in [1.165, 1.54) is 12.6 Å². The summed E-state index contributed by atoms with van der Waals surface area (Å²) >= 11 is 0. The van der Waals surface area contributed by atoms with Crippen LogP contribution in [0.5, 0.6) is 0 Å². The number of nitrogens with zero attached hydrogens (tertiary/aromatic N) is 2. The molecule has 0 saturated carbocycles. The summed E-state index contributed by atoms with van der Waals surface area (Å²) in [6.07, 6.45) is -2.72. The number of aliphatic hydroxyl groups is 2. The Balaban J connectivity index is 1.48. The molecule has 1 saturated heterocycles. The van der Waals surface area contributed by atoms with Gasteiger partial charge in [0.25, 0.3) is 0 Å². The minimum absolute atomic E-state index is 0.305. The summed E-state index contributed by atoms with van der Waals surface area (Å²) < 4.78 is 38.8. The summed E-state index contributed by atoms with van der Waals surface area (Å²) in [6.45, 7) is -0.212. The van der Waals surface area contributed by atoms with Gasteiger partial charge in [0.15, 0.2) is 17.3 Å². The number of aromatic nitrogens is 2. The highest BCUT2D eigenvalue weighted by atomic mass is 31.2. The molecule has 0 bridgehead atoms. The summed E-state index contributed by atoms with van der Waals surface area (Å²) in [5.41, 5.74) is 1.97. The standard InChI is InChI=1S/C19H23N3O10P2/c23-15-13(8-31-34(28,29)10-33(25,26)27)32-17(16(15)24)12-7-30-18-14(12)21-9-22-19(18)20-6-11-4-2-1-3-5-11/h1-5,7,9,13,15-17,23-24H,6,8,10H2,(H,28,29)(H,20,21,22)(H2,25,26,27)/t13-,15-,16-,17+/m1/s1. The molecule has 3 heterocycles. The Hall–Kier alpha value is -2.18. The van der Waals surface area contributed by atoms with Crippen molar-refractivity contribution in [1.82, 2.24) is 9.97 Å². The number of furan rings is 1. The fourth-order valence-electron chi connectivity index (χ4n) is 3.59.